The first-order chi connectivity index (χ1) is 13.7. The number of hydrogen-bond donors (Lipinski definition) is 2. The van der Waals surface area contributed by atoms with E-state index in [2.05, 4.69) is 25.2 Å². The van der Waals surface area contributed by atoms with Crippen molar-refractivity contribution in [2.75, 3.05) is 24.1 Å². The quantitative estimate of drug-likeness (QED) is 0.673. The van der Waals surface area contributed by atoms with Crippen LogP contribution in [-0.4, -0.2) is 32.9 Å². The predicted molar refractivity (Wildman–Crippen MR) is 110 cm³/mol. The highest BCUT2D eigenvalue weighted by atomic mass is 16.5. The summed E-state index contributed by atoms with van der Waals surface area (Å²) >= 11 is 0. The van der Waals surface area contributed by atoms with Gasteiger partial charge in [0.15, 0.2) is 0 Å². The molecule has 1 aliphatic heterocycles. The van der Waals surface area contributed by atoms with Gasteiger partial charge in [-0.3, -0.25) is 4.90 Å². The van der Waals surface area contributed by atoms with Gasteiger partial charge in [0, 0.05) is 5.69 Å². The van der Waals surface area contributed by atoms with Crippen molar-refractivity contribution < 1.29 is 4.74 Å². The molecule has 0 radical (unpaired) electrons. The average molecular weight is 376 g/mol. The SMILES string of the molecule is Nc1nc(CN2CCCCC2)nc(Nc2ccc(Oc3ccccc3)cc2)n1. The van der Waals surface area contributed by atoms with Gasteiger partial charge in [-0.15, -0.1) is 0 Å². The molecule has 28 heavy (non-hydrogen) atoms. The summed E-state index contributed by atoms with van der Waals surface area (Å²) in [6.07, 6.45) is 3.75. The molecule has 1 aromatic heterocycles. The number of piperidine rings is 1. The second-order valence-corrected chi connectivity index (χ2v) is 6.83. The molecule has 1 aliphatic rings. The Morgan fingerprint density at radius 1 is 0.857 bits per heavy atom. The summed E-state index contributed by atoms with van der Waals surface area (Å²) in [6.45, 7) is 2.86. The highest BCUT2D eigenvalue weighted by Gasteiger charge is 2.13. The van der Waals surface area contributed by atoms with E-state index in [1.807, 2.05) is 54.6 Å². The summed E-state index contributed by atoms with van der Waals surface area (Å²) in [4.78, 5) is 15.4. The minimum absolute atomic E-state index is 0.230. The molecule has 0 bridgehead atoms. The van der Waals surface area contributed by atoms with E-state index >= 15 is 0 Å². The summed E-state index contributed by atoms with van der Waals surface area (Å²) in [7, 11) is 0. The average Bonchev–Trinajstić information content (AvgIpc) is 2.71. The molecule has 1 saturated heterocycles. The minimum Gasteiger partial charge on any atom is -0.457 e. The Hall–Kier alpha value is -3.19. The van der Waals surface area contributed by atoms with Crippen LogP contribution in [0, 0.1) is 0 Å². The molecule has 0 amide bonds. The number of hydrogen-bond acceptors (Lipinski definition) is 7. The zero-order valence-electron chi connectivity index (χ0n) is 15.7. The van der Waals surface area contributed by atoms with Crippen LogP contribution in [0.4, 0.5) is 17.6 Å². The summed E-state index contributed by atoms with van der Waals surface area (Å²) in [5, 5.41) is 3.20. The lowest BCUT2D eigenvalue weighted by atomic mass is 10.1. The van der Waals surface area contributed by atoms with Gasteiger partial charge in [0.2, 0.25) is 11.9 Å². The molecule has 4 rings (SSSR count). The highest BCUT2D eigenvalue weighted by molar-refractivity contribution is 5.55. The van der Waals surface area contributed by atoms with Crippen LogP contribution < -0.4 is 15.8 Å². The molecule has 0 saturated carbocycles. The first-order valence-corrected chi connectivity index (χ1v) is 9.57. The van der Waals surface area contributed by atoms with Crippen molar-refractivity contribution in [2.24, 2.45) is 0 Å². The van der Waals surface area contributed by atoms with Crippen LogP contribution in [0.5, 0.6) is 11.5 Å². The molecule has 0 aliphatic carbocycles. The van der Waals surface area contributed by atoms with Crippen molar-refractivity contribution in [3.8, 4) is 11.5 Å². The van der Waals surface area contributed by atoms with Gasteiger partial charge in [-0.1, -0.05) is 24.6 Å². The lowest BCUT2D eigenvalue weighted by Gasteiger charge is -2.25. The Kier molecular flexibility index (Phi) is 5.63. The maximum atomic E-state index is 5.89. The normalized spacial score (nSPS) is 14.6. The van der Waals surface area contributed by atoms with E-state index in [0.29, 0.717) is 18.3 Å². The maximum Gasteiger partial charge on any atom is 0.232 e. The van der Waals surface area contributed by atoms with E-state index in [-0.39, 0.29) is 5.95 Å². The Morgan fingerprint density at radius 2 is 1.57 bits per heavy atom. The second-order valence-electron chi connectivity index (χ2n) is 6.83. The van der Waals surface area contributed by atoms with Gasteiger partial charge >= 0.3 is 0 Å². The number of para-hydroxylation sites is 1. The zero-order chi connectivity index (χ0) is 19.2. The van der Waals surface area contributed by atoms with Gasteiger partial charge in [-0.25, -0.2) is 0 Å². The van der Waals surface area contributed by atoms with Crippen LogP contribution in [0.2, 0.25) is 0 Å². The van der Waals surface area contributed by atoms with Gasteiger partial charge in [0.05, 0.1) is 6.54 Å². The smallest absolute Gasteiger partial charge is 0.232 e. The highest BCUT2D eigenvalue weighted by Crippen LogP contribution is 2.23. The lowest BCUT2D eigenvalue weighted by molar-refractivity contribution is 0.216. The molecule has 0 unspecified atom stereocenters. The van der Waals surface area contributed by atoms with Crippen LogP contribution in [0.15, 0.2) is 54.6 Å². The van der Waals surface area contributed by atoms with Gasteiger partial charge in [0.25, 0.3) is 0 Å². The van der Waals surface area contributed by atoms with Crippen LogP contribution in [-0.2, 0) is 6.54 Å². The van der Waals surface area contributed by atoms with Crippen molar-refractivity contribution in [1.82, 2.24) is 19.9 Å². The predicted octanol–water partition coefficient (Wildman–Crippen LogP) is 3.98. The fourth-order valence-corrected chi connectivity index (χ4v) is 3.24. The fraction of sp³-hybridized carbons (Fsp3) is 0.286. The van der Waals surface area contributed by atoms with Gasteiger partial charge in [0.1, 0.15) is 17.3 Å². The number of nitrogens with one attached hydrogen (secondary N) is 1. The van der Waals surface area contributed by atoms with Gasteiger partial charge in [-0.05, 0) is 62.3 Å². The molecular weight excluding hydrogens is 352 g/mol. The summed E-state index contributed by atoms with van der Waals surface area (Å²) in [5.74, 6) is 2.94. The number of nitrogens with zero attached hydrogens (tertiary/aromatic N) is 4. The van der Waals surface area contributed by atoms with Crippen LogP contribution in [0.1, 0.15) is 25.1 Å². The van der Waals surface area contributed by atoms with Crippen LogP contribution >= 0.6 is 0 Å². The third-order valence-corrected chi connectivity index (χ3v) is 4.60. The molecule has 2 aromatic carbocycles. The molecule has 0 atom stereocenters. The second kappa shape index (κ2) is 8.67. The van der Waals surface area contributed by atoms with E-state index in [1.165, 1.54) is 19.3 Å². The first kappa shape index (κ1) is 18.2. The molecule has 7 heteroatoms. The third kappa shape index (κ3) is 4.95. The number of anilines is 3. The topological polar surface area (TPSA) is 89.2 Å². The standard InChI is InChI=1S/C21H24N6O/c22-20-24-19(15-27-13-5-2-6-14-27)25-21(26-20)23-16-9-11-18(12-10-16)28-17-7-3-1-4-8-17/h1,3-4,7-12H,2,5-6,13-15H2,(H3,22,23,24,25,26). The fourth-order valence-electron chi connectivity index (χ4n) is 3.24. The van der Waals surface area contributed by atoms with E-state index in [4.69, 9.17) is 10.5 Å². The van der Waals surface area contributed by atoms with E-state index in [0.717, 1.165) is 30.3 Å². The van der Waals surface area contributed by atoms with E-state index in [1.54, 1.807) is 0 Å². The van der Waals surface area contributed by atoms with E-state index in [9.17, 15) is 0 Å². The van der Waals surface area contributed by atoms with Gasteiger partial charge < -0.3 is 15.8 Å². The Morgan fingerprint density at radius 3 is 2.32 bits per heavy atom. The van der Waals surface area contributed by atoms with Crippen molar-refractivity contribution in [3.63, 3.8) is 0 Å². The molecule has 3 aromatic rings. The Balaban J connectivity index is 1.41. The molecule has 7 nitrogen and oxygen atoms in total. The lowest BCUT2D eigenvalue weighted by Crippen LogP contribution is -2.30. The summed E-state index contributed by atoms with van der Waals surface area (Å²) in [5.41, 5.74) is 6.74. The Labute approximate surface area is 164 Å². The van der Waals surface area contributed by atoms with Gasteiger partial charge in [-0.2, -0.15) is 15.0 Å². The summed E-state index contributed by atoms with van der Waals surface area (Å²) < 4.78 is 5.81. The number of aromatic nitrogens is 3. The third-order valence-electron chi connectivity index (χ3n) is 4.60. The minimum atomic E-state index is 0.230. The monoisotopic (exact) mass is 376 g/mol. The maximum absolute atomic E-state index is 5.89. The van der Waals surface area contributed by atoms with Crippen molar-refractivity contribution >= 4 is 17.6 Å². The number of nitrogen functional groups attached to an aromatic ring is 1. The Bertz CT molecular complexity index is 895. The number of nitrogens with two attached hydrogens (primary N) is 1. The number of rotatable bonds is 6. The van der Waals surface area contributed by atoms with E-state index < -0.39 is 0 Å². The zero-order valence-corrected chi connectivity index (χ0v) is 15.7. The molecule has 3 N–H and O–H groups in total. The molecule has 144 valence electrons. The summed E-state index contributed by atoms with van der Waals surface area (Å²) in [6, 6.07) is 17.3. The van der Waals surface area contributed by atoms with Crippen LogP contribution in [0.25, 0.3) is 0 Å². The first-order valence-electron chi connectivity index (χ1n) is 9.57. The van der Waals surface area contributed by atoms with Crippen LogP contribution in [0.3, 0.4) is 0 Å². The molecule has 0 spiro atoms. The number of benzene rings is 2. The number of likely N-dealkylation sites (tertiary alicyclic amines) is 1. The molecule has 2 heterocycles. The van der Waals surface area contributed by atoms with Crippen molar-refractivity contribution in [1.29, 1.82) is 0 Å². The van der Waals surface area contributed by atoms with Crippen molar-refractivity contribution in [2.45, 2.75) is 25.8 Å². The number of ether oxygens (including phenoxy) is 1. The molecular formula is C21H24N6O. The molecule has 1 fully saturated rings. The van der Waals surface area contributed by atoms with Crippen molar-refractivity contribution in [3.05, 3.63) is 60.4 Å². The largest absolute Gasteiger partial charge is 0.457 e.